The molecular weight excluding hydrogens is 305 g/mol. The van der Waals surface area contributed by atoms with Crippen molar-refractivity contribution in [1.82, 2.24) is 14.5 Å². The lowest BCUT2D eigenvalue weighted by Gasteiger charge is -2.08. The molecule has 0 radical (unpaired) electrons. The molecule has 0 amide bonds. The van der Waals surface area contributed by atoms with Gasteiger partial charge in [-0.25, -0.2) is 9.97 Å². The summed E-state index contributed by atoms with van der Waals surface area (Å²) in [6.07, 6.45) is 2.59. The maximum Gasteiger partial charge on any atom is 0.160 e. The van der Waals surface area contributed by atoms with E-state index in [-0.39, 0.29) is 0 Å². The fourth-order valence-electron chi connectivity index (χ4n) is 2.37. The van der Waals surface area contributed by atoms with Crippen molar-refractivity contribution in [1.29, 1.82) is 0 Å². The first-order chi connectivity index (χ1) is 10.2. The minimum Gasteiger partial charge on any atom is -0.308 e. The Labute approximate surface area is 133 Å². The monoisotopic (exact) mass is 319 g/mol. The van der Waals surface area contributed by atoms with E-state index in [4.69, 9.17) is 23.2 Å². The van der Waals surface area contributed by atoms with Gasteiger partial charge in [0.15, 0.2) is 5.65 Å². The number of aromatic nitrogens is 3. The summed E-state index contributed by atoms with van der Waals surface area (Å²) in [5.41, 5.74) is 4.09. The van der Waals surface area contributed by atoms with Gasteiger partial charge in [0.25, 0.3) is 0 Å². The molecule has 0 aliphatic rings. The molecule has 0 spiro atoms. The molecule has 2 heterocycles. The Morgan fingerprint density at radius 1 is 1.19 bits per heavy atom. The van der Waals surface area contributed by atoms with Crippen LogP contribution in [0.4, 0.5) is 0 Å². The number of imidazole rings is 1. The number of alkyl halides is 1. The van der Waals surface area contributed by atoms with Gasteiger partial charge in [-0.05, 0) is 36.2 Å². The molecule has 3 nitrogen and oxygen atoms in total. The van der Waals surface area contributed by atoms with E-state index in [0.717, 1.165) is 46.1 Å². The van der Waals surface area contributed by atoms with Crippen LogP contribution in [0.2, 0.25) is 5.02 Å². The molecule has 3 aromatic rings. The normalized spacial score (nSPS) is 11.2. The zero-order valence-corrected chi connectivity index (χ0v) is 13.2. The zero-order chi connectivity index (χ0) is 14.8. The van der Waals surface area contributed by atoms with Crippen LogP contribution in [0.5, 0.6) is 0 Å². The highest BCUT2D eigenvalue weighted by Crippen LogP contribution is 2.19. The Hall–Kier alpha value is -1.58. The van der Waals surface area contributed by atoms with Crippen molar-refractivity contribution >= 4 is 34.4 Å². The van der Waals surface area contributed by atoms with Gasteiger partial charge in [0, 0.05) is 23.5 Å². The third kappa shape index (κ3) is 3.04. The minimum absolute atomic E-state index is 0.545. The highest BCUT2D eigenvalue weighted by Gasteiger charge is 2.12. The molecule has 5 heteroatoms. The fraction of sp³-hybridized carbons (Fsp3) is 0.250. The summed E-state index contributed by atoms with van der Waals surface area (Å²) in [5, 5.41) is 0.740. The maximum absolute atomic E-state index is 5.94. The van der Waals surface area contributed by atoms with Gasteiger partial charge >= 0.3 is 0 Å². The van der Waals surface area contributed by atoms with Crippen LogP contribution in [0.1, 0.15) is 17.0 Å². The Bertz CT molecular complexity index is 763. The summed E-state index contributed by atoms with van der Waals surface area (Å²) in [6.45, 7) is 2.74. The molecule has 21 heavy (non-hydrogen) atoms. The van der Waals surface area contributed by atoms with E-state index in [1.165, 1.54) is 0 Å². The number of fused-ring (bicyclic) bond motifs is 1. The molecule has 0 fully saturated rings. The van der Waals surface area contributed by atoms with Gasteiger partial charge in [0.2, 0.25) is 0 Å². The Morgan fingerprint density at radius 3 is 2.67 bits per heavy atom. The SMILES string of the molecule is Cc1cnc2c(c1)nc(CCCl)n2Cc1ccc(Cl)cc1. The van der Waals surface area contributed by atoms with Gasteiger partial charge in [-0.2, -0.15) is 0 Å². The first-order valence-corrected chi connectivity index (χ1v) is 7.71. The summed E-state index contributed by atoms with van der Waals surface area (Å²) in [4.78, 5) is 9.20. The summed E-state index contributed by atoms with van der Waals surface area (Å²) in [5.74, 6) is 1.51. The van der Waals surface area contributed by atoms with Gasteiger partial charge in [-0.1, -0.05) is 23.7 Å². The smallest absolute Gasteiger partial charge is 0.160 e. The summed E-state index contributed by atoms with van der Waals surface area (Å²) >= 11 is 11.8. The van der Waals surface area contributed by atoms with Crippen molar-refractivity contribution in [2.24, 2.45) is 0 Å². The predicted molar refractivity (Wildman–Crippen MR) is 87.2 cm³/mol. The van der Waals surface area contributed by atoms with Crippen LogP contribution in [-0.2, 0) is 13.0 Å². The van der Waals surface area contributed by atoms with Gasteiger partial charge in [-0.3, -0.25) is 0 Å². The van der Waals surface area contributed by atoms with E-state index in [0.29, 0.717) is 5.88 Å². The molecule has 1 aromatic carbocycles. The van der Waals surface area contributed by atoms with E-state index < -0.39 is 0 Å². The molecule has 0 N–H and O–H groups in total. The van der Waals surface area contributed by atoms with Crippen LogP contribution in [0.25, 0.3) is 11.2 Å². The fourth-order valence-corrected chi connectivity index (χ4v) is 2.67. The molecule has 0 saturated carbocycles. The molecule has 0 aliphatic carbocycles. The van der Waals surface area contributed by atoms with Crippen molar-refractivity contribution in [3.63, 3.8) is 0 Å². The highest BCUT2D eigenvalue weighted by molar-refractivity contribution is 6.30. The number of nitrogens with zero attached hydrogens (tertiary/aromatic N) is 3. The van der Waals surface area contributed by atoms with Crippen molar-refractivity contribution in [2.45, 2.75) is 19.9 Å². The average Bonchev–Trinajstić information content (AvgIpc) is 2.79. The lowest BCUT2D eigenvalue weighted by atomic mass is 10.2. The number of benzene rings is 1. The van der Waals surface area contributed by atoms with Crippen LogP contribution in [-0.4, -0.2) is 20.4 Å². The van der Waals surface area contributed by atoms with Crippen LogP contribution in [0.15, 0.2) is 36.5 Å². The number of pyridine rings is 1. The molecule has 0 atom stereocenters. The second kappa shape index (κ2) is 6.04. The molecule has 108 valence electrons. The van der Waals surface area contributed by atoms with E-state index in [9.17, 15) is 0 Å². The maximum atomic E-state index is 5.94. The van der Waals surface area contributed by atoms with Crippen LogP contribution in [0, 0.1) is 6.92 Å². The standard InChI is InChI=1S/C16H15Cl2N3/c1-11-8-14-16(19-9-11)21(15(20-14)6-7-17)10-12-2-4-13(18)5-3-12/h2-5,8-9H,6-7,10H2,1H3. The Morgan fingerprint density at radius 2 is 1.95 bits per heavy atom. The van der Waals surface area contributed by atoms with Crippen LogP contribution < -0.4 is 0 Å². The minimum atomic E-state index is 0.545. The van der Waals surface area contributed by atoms with E-state index in [1.807, 2.05) is 37.4 Å². The molecule has 0 saturated heterocycles. The third-order valence-corrected chi connectivity index (χ3v) is 3.81. The number of rotatable bonds is 4. The zero-order valence-electron chi connectivity index (χ0n) is 11.7. The average molecular weight is 320 g/mol. The molecule has 2 aromatic heterocycles. The van der Waals surface area contributed by atoms with Crippen molar-refractivity contribution in [3.05, 3.63) is 58.5 Å². The second-order valence-corrected chi connectivity index (χ2v) is 5.85. The highest BCUT2D eigenvalue weighted by atomic mass is 35.5. The lowest BCUT2D eigenvalue weighted by molar-refractivity contribution is 0.747. The van der Waals surface area contributed by atoms with E-state index in [1.54, 1.807) is 0 Å². The number of aryl methyl sites for hydroxylation is 2. The molecule has 0 bridgehead atoms. The number of hydrogen-bond donors (Lipinski definition) is 0. The first-order valence-electron chi connectivity index (χ1n) is 6.79. The van der Waals surface area contributed by atoms with E-state index >= 15 is 0 Å². The summed E-state index contributed by atoms with van der Waals surface area (Å²) < 4.78 is 2.13. The van der Waals surface area contributed by atoms with Gasteiger partial charge in [0.05, 0.1) is 6.54 Å². The quantitative estimate of drug-likeness (QED) is 0.674. The molecular formula is C16H15Cl2N3. The third-order valence-electron chi connectivity index (χ3n) is 3.37. The number of halogens is 2. The second-order valence-electron chi connectivity index (χ2n) is 5.04. The summed E-state index contributed by atoms with van der Waals surface area (Å²) in [6, 6.07) is 9.89. The topological polar surface area (TPSA) is 30.7 Å². The van der Waals surface area contributed by atoms with Crippen molar-refractivity contribution in [3.8, 4) is 0 Å². The largest absolute Gasteiger partial charge is 0.308 e. The van der Waals surface area contributed by atoms with Gasteiger partial charge < -0.3 is 4.57 Å². The van der Waals surface area contributed by atoms with E-state index in [2.05, 4.69) is 20.6 Å². The lowest BCUT2D eigenvalue weighted by Crippen LogP contribution is -2.06. The molecule has 3 rings (SSSR count). The van der Waals surface area contributed by atoms with Crippen LogP contribution >= 0.6 is 23.2 Å². The van der Waals surface area contributed by atoms with Gasteiger partial charge in [-0.15, -0.1) is 11.6 Å². The molecule has 0 unspecified atom stereocenters. The van der Waals surface area contributed by atoms with Gasteiger partial charge in [0.1, 0.15) is 11.3 Å². The Balaban J connectivity index is 2.06. The summed E-state index contributed by atoms with van der Waals surface area (Å²) in [7, 11) is 0. The Kier molecular flexibility index (Phi) is 4.13. The van der Waals surface area contributed by atoms with Crippen molar-refractivity contribution < 1.29 is 0 Å². The number of hydrogen-bond acceptors (Lipinski definition) is 2. The van der Waals surface area contributed by atoms with Crippen LogP contribution in [0.3, 0.4) is 0 Å². The van der Waals surface area contributed by atoms with Crippen molar-refractivity contribution in [2.75, 3.05) is 5.88 Å². The first kappa shape index (κ1) is 14.4. The molecule has 0 aliphatic heterocycles. The predicted octanol–water partition coefficient (Wildman–Crippen LogP) is 4.22.